The van der Waals surface area contributed by atoms with Gasteiger partial charge in [0.05, 0.1) is 37.0 Å². The number of benzene rings is 2. The standard InChI is InChI=1S/C19H16ClN3O6/c1-27-16-5-4-13(23(25)26)9-15(16)22-19(24)12(10-21)6-11-7-14(20)18(29-3)17(8-11)28-2/h4-9H,1-3H3,(H,22,24)/b12-6+. The van der Waals surface area contributed by atoms with E-state index in [2.05, 4.69) is 5.32 Å². The Balaban J connectivity index is 2.40. The van der Waals surface area contributed by atoms with E-state index in [1.54, 1.807) is 12.1 Å². The number of nitrogens with one attached hydrogen (secondary N) is 1. The van der Waals surface area contributed by atoms with Crippen LogP contribution in [-0.2, 0) is 4.79 Å². The largest absolute Gasteiger partial charge is 0.495 e. The van der Waals surface area contributed by atoms with Crippen LogP contribution >= 0.6 is 11.6 Å². The number of rotatable bonds is 7. The molecule has 0 atom stereocenters. The molecule has 0 spiro atoms. The van der Waals surface area contributed by atoms with Crippen LogP contribution in [-0.4, -0.2) is 32.2 Å². The lowest BCUT2D eigenvalue weighted by Crippen LogP contribution is -2.14. The van der Waals surface area contributed by atoms with Crippen LogP contribution in [0.15, 0.2) is 35.9 Å². The first kappa shape index (κ1) is 21.5. The topological polar surface area (TPSA) is 124 Å². The van der Waals surface area contributed by atoms with Gasteiger partial charge in [-0.05, 0) is 29.8 Å². The molecule has 0 fully saturated rings. The van der Waals surface area contributed by atoms with Gasteiger partial charge in [-0.15, -0.1) is 0 Å². The van der Waals surface area contributed by atoms with E-state index in [0.717, 1.165) is 6.07 Å². The molecule has 1 amide bonds. The van der Waals surface area contributed by atoms with E-state index in [-0.39, 0.29) is 27.7 Å². The summed E-state index contributed by atoms with van der Waals surface area (Å²) in [5.41, 5.74) is -0.0272. The van der Waals surface area contributed by atoms with Crippen LogP contribution in [0.1, 0.15) is 5.56 Å². The molecule has 0 heterocycles. The van der Waals surface area contributed by atoms with Crippen LogP contribution in [0.5, 0.6) is 17.2 Å². The number of ether oxygens (including phenoxy) is 3. The number of nitro groups is 1. The molecule has 9 nitrogen and oxygen atoms in total. The molecule has 0 radical (unpaired) electrons. The van der Waals surface area contributed by atoms with Gasteiger partial charge in [0.25, 0.3) is 11.6 Å². The fraction of sp³-hybridized carbons (Fsp3) is 0.158. The summed E-state index contributed by atoms with van der Waals surface area (Å²) >= 11 is 6.14. The Hall–Kier alpha value is -3.77. The number of hydrogen-bond donors (Lipinski definition) is 1. The average Bonchev–Trinajstić information content (AvgIpc) is 2.71. The van der Waals surface area contributed by atoms with Crippen molar-refractivity contribution in [2.24, 2.45) is 0 Å². The van der Waals surface area contributed by atoms with Gasteiger partial charge in [-0.25, -0.2) is 0 Å². The molecule has 0 saturated carbocycles. The number of carbonyl (C=O) groups is 1. The number of methoxy groups -OCH3 is 3. The van der Waals surface area contributed by atoms with Crippen LogP contribution in [0.3, 0.4) is 0 Å². The minimum atomic E-state index is -0.780. The number of amides is 1. The first-order chi connectivity index (χ1) is 13.8. The van der Waals surface area contributed by atoms with Gasteiger partial charge in [-0.2, -0.15) is 5.26 Å². The molecule has 0 bridgehead atoms. The van der Waals surface area contributed by atoms with Gasteiger partial charge in [0.1, 0.15) is 17.4 Å². The van der Waals surface area contributed by atoms with Crippen molar-refractivity contribution in [1.82, 2.24) is 0 Å². The molecule has 10 heteroatoms. The molecule has 2 rings (SSSR count). The third-order valence-corrected chi connectivity index (χ3v) is 4.05. The maximum absolute atomic E-state index is 12.5. The van der Waals surface area contributed by atoms with Crippen molar-refractivity contribution in [2.75, 3.05) is 26.6 Å². The number of non-ortho nitro benzene ring substituents is 1. The van der Waals surface area contributed by atoms with Gasteiger partial charge >= 0.3 is 0 Å². The van der Waals surface area contributed by atoms with Crippen LogP contribution < -0.4 is 19.5 Å². The molecule has 0 saturated heterocycles. The third kappa shape index (κ3) is 4.94. The number of carbonyl (C=O) groups excluding carboxylic acids is 1. The molecule has 0 unspecified atom stereocenters. The van der Waals surface area contributed by atoms with Gasteiger partial charge in [0, 0.05) is 12.1 Å². The maximum atomic E-state index is 12.5. The van der Waals surface area contributed by atoms with Gasteiger partial charge < -0.3 is 19.5 Å². The number of hydrogen-bond acceptors (Lipinski definition) is 7. The van der Waals surface area contributed by atoms with Crippen molar-refractivity contribution in [3.05, 3.63) is 56.6 Å². The smallest absolute Gasteiger partial charge is 0.271 e. The van der Waals surface area contributed by atoms with E-state index >= 15 is 0 Å². The Labute approximate surface area is 171 Å². The second-order valence-electron chi connectivity index (χ2n) is 5.50. The fourth-order valence-corrected chi connectivity index (χ4v) is 2.73. The molecular formula is C19H16ClN3O6. The summed E-state index contributed by atoms with van der Waals surface area (Å²) in [7, 11) is 4.21. The summed E-state index contributed by atoms with van der Waals surface area (Å²) in [5, 5.41) is 23.0. The minimum absolute atomic E-state index is 0.0539. The highest BCUT2D eigenvalue weighted by Gasteiger charge is 2.17. The highest BCUT2D eigenvalue weighted by atomic mass is 35.5. The number of nitriles is 1. The molecular weight excluding hydrogens is 402 g/mol. The zero-order valence-electron chi connectivity index (χ0n) is 15.7. The Bertz CT molecular complexity index is 1030. The summed E-state index contributed by atoms with van der Waals surface area (Å²) < 4.78 is 15.4. The molecule has 0 aromatic heterocycles. The number of nitrogens with zero attached hydrogens (tertiary/aromatic N) is 2. The second-order valence-corrected chi connectivity index (χ2v) is 5.91. The molecule has 0 aliphatic carbocycles. The first-order valence-corrected chi connectivity index (χ1v) is 8.39. The summed E-state index contributed by atoms with van der Waals surface area (Å²) in [6, 6.07) is 8.56. The molecule has 2 aromatic rings. The summed E-state index contributed by atoms with van der Waals surface area (Å²) in [6.45, 7) is 0. The normalized spacial score (nSPS) is 10.7. The lowest BCUT2D eigenvalue weighted by Gasteiger charge is -2.11. The number of nitro benzene ring substituents is 1. The zero-order chi connectivity index (χ0) is 21.6. The Morgan fingerprint density at radius 3 is 2.41 bits per heavy atom. The fourth-order valence-electron chi connectivity index (χ4n) is 2.43. The van der Waals surface area contributed by atoms with Crippen LogP contribution in [0.2, 0.25) is 5.02 Å². The predicted octanol–water partition coefficient (Wildman–Crippen LogP) is 3.82. The van der Waals surface area contributed by atoms with E-state index in [1.807, 2.05) is 0 Å². The van der Waals surface area contributed by atoms with E-state index in [0.29, 0.717) is 17.1 Å². The Kier molecular flexibility index (Phi) is 7.00. The van der Waals surface area contributed by atoms with Crippen molar-refractivity contribution >= 4 is 35.0 Å². The van der Waals surface area contributed by atoms with Crippen molar-refractivity contribution < 1.29 is 23.9 Å². The monoisotopic (exact) mass is 417 g/mol. The van der Waals surface area contributed by atoms with E-state index in [9.17, 15) is 20.2 Å². The predicted molar refractivity (Wildman–Crippen MR) is 106 cm³/mol. The average molecular weight is 418 g/mol. The summed E-state index contributed by atoms with van der Waals surface area (Å²) in [5.74, 6) is 0.0625. The van der Waals surface area contributed by atoms with Gasteiger partial charge in [-0.1, -0.05) is 11.6 Å². The lowest BCUT2D eigenvalue weighted by molar-refractivity contribution is -0.384. The van der Waals surface area contributed by atoms with Crippen molar-refractivity contribution in [1.29, 1.82) is 5.26 Å². The highest BCUT2D eigenvalue weighted by Crippen LogP contribution is 2.36. The van der Waals surface area contributed by atoms with Crippen molar-refractivity contribution in [2.45, 2.75) is 0 Å². The zero-order valence-corrected chi connectivity index (χ0v) is 16.4. The Morgan fingerprint density at radius 1 is 1.17 bits per heavy atom. The van der Waals surface area contributed by atoms with E-state index in [4.69, 9.17) is 25.8 Å². The maximum Gasteiger partial charge on any atom is 0.271 e. The van der Waals surface area contributed by atoms with Crippen molar-refractivity contribution in [3.8, 4) is 23.3 Å². The van der Waals surface area contributed by atoms with E-state index < -0.39 is 10.8 Å². The second kappa shape index (κ2) is 9.43. The molecule has 1 N–H and O–H groups in total. The number of anilines is 1. The Morgan fingerprint density at radius 2 is 1.86 bits per heavy atom. The molecule has 29 heavy (non-hydrogen) atoms. The first-order valence-electron chi connectivity index (χ1n) is 8.01. The van der Waals surface area contributed by atoms with Gasteiger partial charge in [0.2, 0.25) is 0 Å². The van der Waals surface area contributed by atoms with Crippen LogP contribution in [0.25, 0.3) is 6.08 Å². The molecule has 0 aliphatic heterocycles. The number of halogens is 1. The molecule has 150 valence electrons. The summed E-state index contributed by atoms with van der Waals surface area (Å²) in [4.78, 5) is 22.9. The lowest BCUT2D eigenvalue weighted by atomic mass is 10.1. The SMILES string of the molecule is COc1ccc([N+](=O)[O-])cc1NC(=O)/C(C#N)=C/c1cc(Cl)c(OC)c(OC)c1. The van der Waals surface area contributed by atoms with Gasteiger partial charge in [0.15, 0.2) is 11.5 Å². The molecule has 0 aliphatic rings. The van der Waals surface area contributed by atoms with E-state index in [1.165, 1.54) is 45.6 Å². The molecule has 2 aromatic carbocycles. The third-order valence-electron chi connectivity index (χ3n) is 3.77. The van der Waals surface area contributed by atoms with Crippen LogP contribution in [0.4, 0.5) is 11.4 Å². The van der Waals surface area contributed by atoms with Crippen molar-refractivity contribution in [3.63, 3.8) is 0 Å². The van der Waals surface area contributed by atoms with Gasteiger partial charge in [-0.3, -0.25) is 14.9 Å². The van der Waals surface area contributed by atoms with Crippen LogP contribution in [0, 0.1) is 21.4 Å². The highest BCUT2D eigenvalue weighted by molar-refractivity contribution is 6.32. The quantitative estimate of drug-likeness (QED) is 0.314. The minimum Gasteiger partial charge on any atom is -0.495 e. The summed E-state index contributed by atoms with van der Waals surface area (Å²) in [6.07, 6.45) is 1.30.